The standard InChI is InChI=1S/C15H20N2O2S2/c1-4-11-9(2)21-13-12(11)14(18)17(15(16-13)20-3)8-10-6-5-7-19-10/h10H,4-8H2,1-3H3/t10-/m1/s1. The van der Waals surface area contributed by atoms with Crippen molar-refractivity contribution in [3.05, 3.63) is 20.8 Å². The minimum Gasteiger partial charge on any atom is -0.376 e. The van der Waals surface area contributed by atoms with Gasteiger partial charge in [-0.05, 0) is 38.0 Å². The van der Waals surface area contributed by atoms with Crippen LogP contribution < -0.4 is 5.56 Å². The van der Waals surface area contributed by atoms with Crippen LogP contribution in [0.15, 0.2) is 9.95 Å². The number of fused-ring (bicyclic) bond motifs is 1. The largest absolute Gasteiger partial charge is 0.376 e. The van der Waals surface area contributed by atoms with E-state index in [0.717, 1.165) is 46.8 Å². The van der Waals surface area contributed by atoms with Crippen LogP contribution in [0, 0.1) is 6.92 Å². The van der Waals surface area contributed by atoms with E-state index < -0.39 is 0 Å². The number of hydrogen-bond donors (Lipinski definition) is 0. The van der Waals surface area contributed by atoms with E-state index >= 15 is 0 Å². The number of thiophene rings is 1. The van der Waals surface area contributed by atoms with E-state index in [-0.39, 0.29) is 11.7 Å². The fraction of sp³-hybridized carbons (Fsp3) is 0.600. The molecule has 0 unspecified atom stereocenters. The summed E-state index contributed by atoms with van der Waals surface area (Å²) in [7, 11) is 0. The van der Waals surface area contributed by atoms with E-state index in [9.17, 15) is 4.79 Å². The highest BCUT2D eigenvalue weighted by atomic mass is 32.2. The van der Waals surface area contributed by atoms with E-state index in [1.165, 1.54) is 16.6 Å². The predicted octanol–water partition coefficient (Wildman–Crippen LogP) is 3.23. The van der Waals surface area contributed by atoms with Crippen molar-refractivity contribution in [3.8, 4) is 0 Å². The highest BCUT2D eigenvalue weighted by Crippen LogP contribution is 2.29. The van der Waals surface area contributed by atoms with Gasteiger partial charge in [0.05, 0.1) is 18.0 Å². The smallest absolute Gasteiger partial charge is 0.263 e. The summed E-state index contributed by atoms with van der Waals surface area (Å²) in [5.41, 5.74) is 1.25. The van der Waals surface area contributed by atoms with Gasteiger partial charge in [0.2, 0.25) is 0 Å². The van der Waals surface area contributed by atoms with Gasteiger partial charge in [-0.2, -0.15) is 0 Å². The van der Waals surface area contributed by atoms with Gasteiger partial charge in [-0.15, -0.1) is 11.3 Å². The van der Waals surface area contributed by atoms with Crippen molar-refractivity contribution in [2.45, 2.75) is 50.9 Å². The molecule has 0 aliphatic carbocycles. The Kier molecular flexibility index (Phi) is 4.38. The molecule has 3 heterocycles. The number of ether oxygens (including phenoxy) is 1. The molecule has 0 saturated carbocycles. The summed E-state index contributed by atoms with van der Waals surface area (Å²) in [5.74, 6) is 0. The van der Waals surface area contributed by atoms with E-state index in [4.69, 9.17) is 9.72 Å². The number of thioether (sulfide) groups is 1. The number of aromatic nitrogens is 2. The van der Waals surface area contributed by atoms with Gasteiger partial charge >= 0.3 is 0 Å². The lowest BCUT2D eigenvalue weighted by atomic mass is 10.1. The summed E-state index contributed by atoms with van der Waals surface area (Å²) >= 11 is 3.16. The monoisotopic (exact) mass is 324 g/mol. The molecule has 0 spiro atoms. The highest BCUT2D eigenvalue weighted by Gasteiger charge is 2.22. The molecule has 3 rings (SSSR count). The Morgan fingerprint density at radius 2 is 2.33 bits per heavy atom. The van der Waals surface area contributed by atoms with Crippen LogP contribution in [-0.2, 0) is 17.7 Å². The van der Waals surface area contributed by atoms with E-state index in [0.29, 0.717) is 6.54 Å². The first-order valence-electron chi connectivity index (χ1n) is 7.34. The van der Waals surface area contributed by atoms with E-state index in [2.05, 4.69) is 13.8 Å². The van der Waals surface area contributed by atoms with Crippen molar-refractivity contribution in [1.29, 1.82) is 0 Å². The van der Waals surface area contributed by atoms with Crippen LogP contribution in [0.3, 0.4) is 0 Å². The topological polar surface area (TPSA) is 44.1 Å². The second-order valence-corrected chi connectivity index (χ2v) is 7.30. The summed E-state index contributed by atoms with van der Waals surface area (Å²) in [5, 5.41) is 1.61. The molecule has 0 bridgehead atoms. The van der Waals surface area contributed by atoms with Gasteiger partial charge in [-0.3, -0.25) is 9.36 Å². The number of rotatable bonds is 4. The Labute approximate surface area is 132 Å². The lowest BCUT2D eigenvalue weighted by molar-refractivity contribution is 0.0937. The molecule has 4 nitrogen and oxygen atoms in total. The van der Waals surface area contributed by atoms with Crippen LogP contribution in [0.4, 0.5) is 0 Å². The van der Waals surface area contributed by atoms with Crippen molar-refractivity contribution in [3.63, 3.8) is 0 Å². The maximum absolute atomic E-state index is 12.9. The predicted molar refractivity (Wildman–Crippen MR) is 88.8 cm³/mol. The van der Waals surface area contributed by atoms with Crippen LogP contribution in [0.25, 0.3) is 10.2 Å². The van der Waals surface area contributed by atoms with Crippen LogP contribution in [0.1, 0.15) is 30.2 Å². The maximum atomic E-state index is 12.9. The van der Waals surface area contributed by atoms with Crippen molar-refractivity contribution in [1.82, 2.24) is 9.55 Å². The molecule has 2 aromatic rings. The molecule has 1 atom stereocenters. The van der Waals surface area contributed by atoms with Crippen LogP contribution in [0.5, 0.6) is 0 Å². The molecule has 0 aromatic carbocycles. The van der Waals surface area contributed by atoms with Crippen molar-refractivity contribution < 1.29 is 4.74 Å². The highest BCUT2D eigenvalue weighted by molar-refractivity contribution is 7.98. The second kappa shape index (κ2) is 6.10. The summed E-state index contributed by atoms with van der Waals surface area (Å²) in [6.07, 6.45) is 5.11. The molecule has 1 aliphatic rings. The zero-order valence-corrected chi connectivity index (χ0v) is 14.3. The average Bonchev–Trinajstić information content (AvgIpc) is 3.08. The Hall–Kier alpha value is -0.850. The molecule has 6 heteroatoms. The van der Waals surface area contributed by atoms with Crippen molar-refractivity contribution >= 4 is 33.3 Å². The molecular weight excluding hydrogens is 304 g/mol. The maximum Gasteiger partial charge on any atom is 0.263 e. The molecule has 1 fully saturated rings. The third-order valence-electron chi connectivity index (χ3n) is 4.02. The zero-order chi connectivity index (χ0) is 15.0. The van der Waals surface area contributed by atoms with Gasteiger partial charge in [0, 0.05) is 11.5 Å². The molecule has 0 N–H and O–H groups in total. The third-order valence-corrected chi connectivity index (χ3v) is 5.74. The molecule has 1 saturated heterocycles. The van der Waals surface area contributed by atoms with Gasteiger partial charge in [0.15, 0.2) is 5.16 Å². The molecular formula is C15H20N2O2S2. The Morgan fingerprint density at radius 3 is 2.95 bits per heavy atom. The Bertz CT molecular complexity index is 715. The van der Waals surface area contributed by atoms with Gasteiger partial charge in [0.1, 0.15) is 4.83 Å². The van der Waals surface area contributed by atoms with Gasteiger partial charge in [-0.1, -0.05) is 18.7 Å². The van der Waals surface area contributed by atoms with Gasteiger partial charge in [-0.25, -0.2) is 4.98 Å². The lowest BCUT2D eigenvalue weighted by Crippen LogP contribution is -2.28. The fourth-order valence-corrected chi connectivity index (χ4v) is 4.69. The summed E-state index contributed by atoms with van der Waals surface area (Å²) in [6, 6.07) is 0. The number of aryl methyl sites for hydroxylation is 2. The first kappa shape index (κ1) is 15.1. The normalized spacial score (nSPS) is 18.7. The quantitative estimate of drug-likeness (QED) is 0.640. The molecule has 2 aromatic heterocycles. The minimum absolute atomic E-state index is 0.0982. The first-order chi connectivity index (χ1) is 10.2. The third kappa shape index (κ3) is 2.64. The number of hydrogen-bond acceptors (Lipinski definition) is 5. The van der Waals surface area contributed by atoms with Gasteiger partial charge < -0.3 is 4.74 Å². The Balaban J connectivity index is 2.16. The molecule has 0 amide bonds. The molecule has 21 heavy (non-hydrogen) atoms. The molecule has 0 radical (unpaired) electrons. The van der Waals surface area contributed by atoms with Crippen molar-refractivity contribution in [2.24, 2.45) is 0 Å². The summed E-state index contributed by atoms with van der Waals surface area (Å²) < 4.78 is 7.50. The van der Waals surface area contributed by atoms with E-state index in [1.54, 1.807) is 11.3 Å². The van der Waals surface area contributed by atoms with Crippen molar-refractivity contribution in [2.75, 3.05) is 12.9 Å². The zero-order valence-electron chi connectivity index (χ0n) is 12.6. The fourth-order valence-electron chi connectivity index (χ4n) is 2.97. The summed E-state index contributed by atoms with van der Waals surface area (Å²) in [4.78, 5) is 19.7. The first-order valence-corrected chi connectivity index (χ1v) is 9.38. The number of nitrogens with zero attached hydrogens (tertiary/aromatic N) is 2. The summed E-state index contributed by atoms with van der Waals surface area (Å²) in [6.45, 7) is 5.60. The van der Waals surface area contributed by atoms with Crippen LogP contribution in [0.2, 0.25) is 0 Å². The Morgan fingerprint density at radius 1 is 1.52 bits per heavy atom. The van der Waals surface area contributed by atoms with Gasteiger partial charge in [0.25, 0.3) is 5.56 Å². The van der Waals surface area contributed by atoms with Crippen LogP contribution in [-0.4, -0.2) is 28.5 Å². The lowest BCUT2D eigenvalue weighted by Gasteiger charge is -2.15. The minimum atomic E-state index is 0.0982. The van der Waals surface area contributed by atoms with Crippen LogP contribution >= 0.6 is 23.1 Å². The molecule has 1 aliphatic heterocycles. The average molecular weight is 324 g/mol. The molecule has 114 valence electrons. The SMILES string of the molecule is CCc1c(C)sc2nc(SC)n(C[C@H]3CCCO3)c(=O)c12. The van der Waals surface area contributed by atoms with E-state index in [1.807, 2.05) is 10.8 Å². The second-order valence-electron chi connectivity index (χ2n) is 5.32.